The van der Waals surface area contributed by atoms with E-state index in [4.69, 9.17) is 4.42 Å². The largest absolute Gasteiger partial charge is 0.419 e. The zero-order valence-corrected chi connectivity index (χ0v) is 15.4. The van der Waals surface area contributed by atoms with Gasteiger partial charge in [-0.1, -0.05) is 17.7 Å². The van der Waals surface area contributed by atoms with Crippen molar-refractivity contribution < 1.29 is 14.1 Å². The fourth-order valence-corrected chi connectivity index (χ4v) is 2.41. The first-order valence-electron chi connectivity index (χ1n) is 8.49. The molecule has 1 amide bonds. The first kappa shape index (κ1) is 19.0. The first-order chi connectivity index (χ1) is 13.4. The molecule has 142 valence electrons. The summed E-state index contributed by atoms with van der Waals surface area (Å²) in [5.41, 5.74) is 2.64. The number of carbonyl (C=O) groups is 1. The SMILES string of the molecule is Cc1ccc(-c2nnc(CN(C)C(=O)/C=C/c3ccc([N+](=O)[O-])cc3)o2)cc1. The van der Waals surface area contributed by atoms with Crippen molar-refractivity contribution in [1.82, 2.24) is 15.1 Å². The van der Waals surface area contributed by atoms with Crippen LogP contribution < -0.4 is 0 Å². The van der Waals surface area contributed by atoms with Gasteiger partial charge in [-0.2, -0.15) is 0 Å². The maximum absolute atomic E-state index is 12.3. The highest BCUT2D eigenvalue weighted by Gasteiger charge is 2.13. The van der Waals surface area contributed by atoms with E-state index in [2.05, 4.69) is 10.2 Å². The van der Waals surface area contributed by atoms with Crippen LogP contribution in [0.25, 0.3) is 17.5 Å². The second-order valence-corrected chi connectivity index (χ2v) is 6.24. The number of nitrogens with zero attached hydrogens (tertiary/aromatic N) is 4. The van der Waals surface area contributed by atoms with Gasteiger partial charge in [0.15, 0.2) is 0 Å². The van der Waals surface area contributed by atoms with E-state index in [1.807, 2.05) is 31.2 Å². The second-order valence-electron chi connectivity index (χ2n) is 6.24. The molecule has 3 aromatic rings. The summed E-state index contributed by atoms with van der Waals surface area (Å²) < 4.78 is 5.62. The molecule has 0 bridgehead atoms. The number of hydrogen-bond acceptors (Lipinski definition) is 6. The highest BCUT2D eigenvalue weighted by atomic mass is 16.6. The van der Waals surface area contributed by atoms with Crippen LogP contribution in [-0.2, 0) is 11.3 Å². The van der Waals surface area contributed by atoms with Crippen LogP contribution in [0.3, 0.4) is 0 Å². The van der Waals surface area contributed by atoms with Crippen molar-refractivity contribution in [3.05, 3.63) is 81.7 Å². The third-order valence-corrected chi connectivity index (χ3v) is 4.04. The van der Waals surface area contributed by atoms with Crippen molar-refractivity contribution in [3.63, 3.8) is 0 Å². The Morgan fingerprint density at radius 2 is 1.82 bits per heavy atom. The van der Waals surface area contributed by atoms with E-state index in [1.54, 1.807) is 25.3 Å². The van der Waals surface area contributed by atoms with Gasteiger partial charge in [0.05, 0.1) is 11.5 Å². The van der Waals surface area contributed by atoms with Gasteiger partial charge < -0.3 is 9.32 Å². The molecule has 0 fully saturated rings. The molecule has 0 aliphatic heterocycles. The number of carbonyl (C=O) groups excluding carboxylic acids is 1. The van der Waals surface area contributed by atoms with E-state index in [1.165, 1.54) is 23.1 Å². The molecule has 28 heavy (non-hydrogen) atoms. The number of non-ortho nitro benzene ring substituents is 1. The van der Waals surface area contributed by atoms with E-state index in [0.29, 0.717) is 17.3 Å². The van der Waals surface area contributed by atoms with Gasteiger partial charge in [-0.3, -0.25) is 14.9 Å². The van der Waals surface area contributed by atoms with E-state index < -0.39 is 4.92 Å². The summed E-state index contributed by atoms with van der Waals surface area (Å²) in [6.45, 7) is 2.16. The van der Waals surface area contributed by atoms with E-state index in [-0.39, 0.29) is 18.1 Å². The Balaban J connectivity index is 1.61. The summed E-state index contributed by atoms with van der Waals surface area (Å²) in [6.07, 6.45) is 2.98. The fourth-order valence-electron chi connectivity index (χ4n) is 2.41. The predicted molar refractivity (Wildman–Crippen MR) is 103 cm³/mol. The number of nitro groups is 1. The lowest BCUT2D eigenvalue weighted by atomic mass is 10.1. The van der Waals surface area contributed by atoms with Crippen LogP contribution in [0, 0.1) is 17.0 Å². The van der Waals surface area contributed by atoms with Crippen molar-refractivity contribution in [2.24, 2.45) is 0 Å². The lowest BCUT2D eigenvalue weighted by molar-refractivity contribution is -0.384. The number of hydrogen-bond donors (Lipinski definition) is 0. The van der Waals surface area contributed by atoms with Crippen molar-refractivity contribution >= 4 is 17.7 Å². The fraction of sp³-hybridized carbons (Fsp3) is 0.150. The zero-order chi connectivity index (χ0) is 20.1. The van der Waals surface area contributed by atoms with Crippen molar-refractivity contribution in [3.8, 4) is 11.5 Å². The second kappa shape index (κ2) is 8.26. The summed E-state index contributed by atoms with van der Waals surface area (Å²) in [7, 11) is 1.62. The van der Waals surface area contributed by atoms with Gasteiger partial charge >= 0.3 is 0 Å². The van der Waals surface area contributed by atoms with Gasteiger partial charge in [0.1, 0.15) is 0 Å². The van der Waals surface area contributed by atoms with E-state index in [0.717, 1.165) is 11.1 Å². The third-order valence-electron chi connectivity index (χ3n) is 4.04. The summed E-state index contributed by atoms with van der Waals surface area (Å²) in [5.74, 6) is 0.473. The quantitative estimate of drug-likeness (QED) is 0.369. The lowest BCUT2D eigenvalue weighted by Crippen LogP contribution is -2.24. The Kier molecular flexibility index (Phi) is 5.59. The Morgan fingerprint density at radius 1 is 1.14 bits per heavy atom. The van der Waals surface area contributed by atoms with Crippen LogP contribution in [-0.4, -0.2) is 33.0 Å². The molecule has 0 unspecified atom stereocenters. The molecular weight excluding hydrogens is 360 g/mol. The molecule has 0 saturated carbocycles. The Hall–Kier alpha value is -3.81. The molecule has 0 aliphatic rings. The minimum Gasteiger partial charge on any atom is -0.419 e. The normalized spacial score (nSPS) is 10.9. The number of amides is 1. The first-order valence-corrected chi connectivity index (χ1v) is 8.49. The molecule has 0 N–H and O–H groups in total. The van der Waals surface area contributed by atoms with Gasteiger partial charge in [-0.25, -0.2) is 0 Å². The van der Waals surface area contributed by atoms with Crippen LogP contribution in [0.2, 0.25) is 0 Å². The monoisotopic (exact) mass is 378 g/mol. The molecule has 0 radical (unpaired) electrons. The van der Waals surface area contributed by atoms with Gasteiger partial charge in [0.25, 0.3) is 5.69 Å². The van der Waals surface area contributed by atoms with E-state index in [9.17, 15) is 14.9 Å². The smallest absolute Gasteiger partial charge is 0.269 e. The average Bonchev–Trinajstić information content (AvgIpc) is 3.15. The number of benzene rings is 2. The number of aryl methyl sites for hydroxylation is 1. The Labute approximate surface area is 161 Å². The third kappa shape index (κ3) is 4.67. The zero-order valence-electron chi connectivity index (χ0n) is 15.4. The molecule has 2 aromatic carbocycles. The molecule has 0 spiro atoms. The number of nitro benzene ring substituents is 1. The van der Waals surface area contributed by atoms with E-state index >= 15 is 0 Å². The molecule has 1 heterocycles. The van der Waals surface area contributed by atoms with Crippen molar-refractivity contribution in [2.45, 2.75) is 13.5 Å². The number of likely N-dealkylation sites (N-methyl/N-ethyl adjacent to an activating group) is 1. The molecule has 1 aromatic heterocycles. The van der Waals surface area contributed by atoms with Gasteiger partial charge in [0.2, 0.25) is 17.7 Å². The van der Waals surface area contributed by atoms with Gasteiger partial charge in [-0.05, 0) is 42.8 Å². The number of aromatic nitrogens is 2. The molecular formula is C20H18N4O4. The number of rotatable bonds is 6. The minimum absolute atomic E-state index is 0.00127. The summed E-state index contributed by atoms with van der Waals surface area (Å²) in [4.78, 5) is 23.9. The maximum Gasteiger partial charge on any atom is 0.269 e. The highest BCUT2D eigenvalue weighted by molar-refractivity contribution is 5.91. The van der Waals surface area contributed by atoms with Crippen LogP contribution in [0.4, 0.5) is 5.69 Å². The van der Waals surface area contributed by atoms with Gasteiger partial charge in [-0.15, -0.1) is 10.2 Å². The van der Waals surface area contributed by atoms with Crippen LogP contribution in [0.1, 0.15) is 17.0 Å². The average molecular weight is 378 g/mol. The summed E-state index contributed by atoms with van der Waals surface area (Å²) in [5, 5.41) is 18.7. The highest BCUT2D eigenvalue weighted by Crippen LogP contribution is 2.19. The standard InChI is InChI=1S/C20H18N4O4/c1-14-3-8-16(9-4-14)20-22-21-18(28-20)13-23(2)19(25)12-7-15-5-10-17(11-6-15)24(26)27/h3-12H,13H2,1-2H3/b12-7+. The Morgan fingerprint density at radius 3 is 2.46 bits per heavy atom. The predicted octanol–water partition coefficient (Wildman–Crippen LogP) is 3.63. The van der Waals surface area contributed by atoms with Crippen molar-refractivity contribution in [2.75, 3.05) is 7.05 Å². The topological polar surface area (TPSA) is 102 Å². The summed E-state index contributed by atoms with van der Waals surface area (Å²) >= 11 is 0. The molecule has 3 rings (SSSR count). The lowest BCUT2D eigenvalue weighted by Gasteiger charge is -2.11. The Bertz CT molecular complexity index is 1010. The molecule has 0 aliphatic carbocycles. The van der Waals surface area contributed by atoms with Crippen LogP contribution in [0.5, 0.6) is 0 Å². The van der Waals surface area contributed by atoms with Crippen molar-refractivity contribution in [1.29, 1.82) is 0 Å². The van der Waals surface area contributed by atoms with Crippen LogP contribution in [0.15, 0.2) is 59.0 Å². The maximum atomic E-state index is 12.3. The molecule has 0 saturated heterocycles. The minimum atomic E-state index is -0.471. The molecule has 8 nitrogen and oxygen atoms in total. The summed E-state index contributed by atoms with van der Waals surface area (Å²) in [6, 6.07) is 13.6. The van der Waals surface area contributed by atoms with Crippen LogP contribution >= 0.6 is 0 Å². The molecule has 0 atom stereocenters. The van der Waals surface area contributed by atoms with Gasteiger partial charge in [0, 0.05) is 30.8 Å². The molecule has 8 heteroatoms.